The number of rotatable bonds is 6. The second kappa shape index (κ2) is 9.64. The first-order chi connectivity index (χ1) is 16.7. The molecule has 1 aliphatic rings. The molecular weight excluding hydrogens is 422 g/mol. The highest BCUT2D eigenvalue weighted by Gasteiger charge is 2.24. The number of hydrogen-bond donors (Lipinski definition) is 0. The highest BCUT2D eigenvalue weighted by atomic mass is 16.5. The molecule has 5 rings (SSSR count). The van der Waals surface area contributed by atoms with Gasteiger partial charge < -0.3 is 19.1 Å². The predicted octanol–water partition coefficient (Wildman–Crippen LogP) is 5.14. The van der Waals surface area contributed by atoms with Gasteiger partial charge in [-0.2, -0.15) is 0 Å². The van der Waals surface area contributed by atoms with E-state index in [4.69, 9.17) is 4.74 Å². The third-order valence-electron chi connectivity index (χ3n) is 6.91. The zero-order valence-corrected chi connectivity index (χ0v) is 19.9. The van der Waals surface area contributed by atoms with Crippen LogP contribution in [0.15, 0.2) is 78.9 Å². The molecule has 1 amide bonds. The van der Waals surface area contributed by atoms with Gasteiger partial charge in [0.2, 0.25) is 5.91 Å². The standard InChI is InChI=1S/C29H31N3O2/c1-30-25-13-7-6-12-23(25)24(29(30)22-10-4-3-5-11-22)16-17-28(33)32-20-18-31(19-21-32)26-14-8-9-15-27(26)34-2/h3-15H,16-21H2,1-2H3. The summed E-state index contributed by atoms with van der Waals surface area (Å²) in [5, 5.41) is 1.23. The Labute approximate surface area is 201 Å². The smallest absolute Gasteiger partial charge is 0.223 e. The molecule has 5 heteroatoms. The van der Waals surface area contributed by atoms with Crippen molar-refractivity contribution in [2.24, 2.45) is 7.05 Å². The average molecular weight is 454 g/mol. The number of amides is 1. The minimum atomic E-state index is 0.228. The Hall–Kier alpha value is -3.73. The molecular formula is C29H31N3O2. The van der Waals surface area contributed by atoms with Gasteiger partial charge in [0.05, 0.1) is 18.5 Å². The minimum Gasteiger partial charge on any atom is -0.495 e. The van der Waals surface area contributed by atoms with E-state index in [1.165, 1.54) is 27.7 Å². The Balaban J connectivity index is 1.31. The molecule has 4 aromatic rings. The number of hydrogen-bond acceptors (Lipinski definition) is 3. The van der Waals surface area contributed by atoms with Crippen LogP contribution in [0, 0.1) is 0 Å². The van der Waals surface area contributed by atoms with E-state index in [1.54, 1.807) is 7.11 Å². The van der Waals surface area contributed by atoms with E-state index in [-0.39, 0.29) is 5.91 Å². The molecule has 5 nitrogen and oxygen atoms in total. The molecule has 1 fully saturated rings. The summed E-state index contributed by atoms with van der Waals surface area (Å²) in [5.41, 5.74) is 5.95. The van der Waals surface area contributed by atoms with Crippen LogP contribution in [-0.2, 0) is 18.3 Å². The normalized spacial score (nSPS) is 13.9. The highest BCUT2D eigenvalue weighted by Crippen LogP contribution is 2.34. The third kappa shape index (κ3) is 4.14. The second-order valence-corrected chi connectivity index (χ2v) is 8.81. The number of nitrogens with zero attached hydrogens (tertiary/aromatic N) is 3. The van der Waals surface area contributed by atoms with Crippen LogP contribution in [0.25, 0.3) is 22.2 Å². The number of para-hydroxylation sites is 3. The number of carbonyl (C=O) groups is 1. The summed E-state index contributed by atoms with van der Waals surface area (Å²) in [7, 11) is 3.82. The van der Waals surface area contributed by atoms with Crippen molar-refractivity contribution in [3.8, 4) is 17.0 Å². The number of ether oxygens (including phenoxy) is 1. The molecule has 0 bridgehead atoms. The number of piperazine rings is 1. The van der Waals surface area contributed by atoms with Gasteiger partial charge in [-0.05, 0) is 35.7 Å². The van der Waals surface area contributed by atoms with Crippen LogP contribution in [0.4, 0.5) is 5.69 Å². The Bertz CT molecular complexity index is 1290. The van der Waals surface area contributed by atoms with Gasteiger partial charge in [0.1, 0.15) is 5.75 Å². The van der Waals surface area contributed by atoms with Crippen LogP contribution in [0.2, 0.25) is 0 Å². The van der Waals surface area contributed by atoms with E-state index >= 15 is 0 Å². The number of aromatic nitrogens is 1. The summed E-state index contributed by atoms with van der Waals surface area (Å²) in [6.07, 6.45) is 1.25. The van der Waals surface area contributed by atoms with Crippen LogP contribution >= 0.6 is 0 Å². The van der Waals surface area contributed by atoms with Gasteiger partial charge in [-0.25, -0.2) is 0 Å². The van der Waals surface area contributed by atoms with E-state index in [9.17, 15) is 4.79 Å². The van der Waals surface area contributed by atoms with Crippen molar-refractivity contribution in [1.82, 2.24) is 9.47 Å². The van der Waals surface area contributed by atoms with Gasteiger partial charge >= 0.3 is 0 Å². The molecule has 0 aliphatic carbocycles. The maximum atomic E-state index is 13.2. The van der Waals surface area contributed by atoms with Gasteiger partial charge in [-0.3, -0.25) is 4.79 Å². The van der Waals surface area contributed by atoms with Gasteiger partial charge in [-0.1, -0.05) is 60.7 Å². The lowest BCUT2D eigenvalue weighted by Crippen LogP contribution is -2.48. The quantitative estimate of drug-likeness (QED) is 0.406. The van der Waals surface area contributed by atoms with E-state index in [0.717, 1.165) is 44.0 Å². The molecule has 0 spiro atoms. The fourth-order valence-electron chi connectivity index (χ4n) is 5.17. The van der Waals surface area contributed by atoms with Crippen LogP contribution in [-0.4, -0.2) is 48.7 Å². The van der Waals surface area contributed by atoms with Crippen molar-refractivity contribution >= 4 is 22.5 Å². The second-order valence-electron chi connectivity index (χ2n) is 8.81. The number of methoxy groups -OCH3 is 1. The average Bonchev–Trinajstić information content (AvgIpc) is 3.19. The van der Waals surface area contributed by atoms with E-state index < -0.39 is 0 Å². The van der Waals surface area contributed by atoms with Gasteiger partial charge in [0.25, 0.3) is 0 Å². The summed E-state index contributed by atoms with van der Waals surface area (Å²) in [4.78, 5) is 17.5. The van der Waals surface area contributed by atoms with E-state index in [1.807, 2.05) is 29.2 Å². The summed E-state index contributed by atoms with van der Waals surface area (Å²) in [6, 6.07) is 27.1. The third-order valence-corrected chi connectivity index (χ3v) is 6.91. The molecule has 3 aromatic carbocycles. The van der Waals surface area contributed by atoms with Gasteiger partial charge in [0, 0.05) is 50.6 Å². The molecule has 1 aliphatic heterocycles. The molecule has 0 unspecified atom stereocenters. The van der Waals surface area contributed by atoms with E-state index in [2.05, 4.69) is 71.1 Å². The van der Waals surface area contributed by atoms with Crippen molar-refractivity contribution in [2.45, 2.75) is 12.8 Å². The Morgan fingerprint density at radius 2 is 1.53 bits per heavy atom. The summed E-state index contributed by atoms with van der Waals surface area (Å²) >= 11 is 0. The number of anilines is 1. The Morgan fingerprint density at radius 1 is 0.853 bits per heavy atom. The lowest BCUT2D eigenvalue weighted by atomic mass is 10.0. The van der Waals surface area contributed by atoms with Crippen LogP contribution in [0.3, 0.4) is 0 Å². The number of aryl methyl sites for hydroxylation is 2. The fourth-order valence-corrected chi connectivity index (χ4v) is 5.17. The van der Waals surface area contributed by atoms with Crippen molar-refractivity contribution in [2.75, 3.05) is 38.2 Å². The number of fused-ring (bicyclic) bond motifs is 1. The Kier molecular flexibility index (Phi) is 6.26. The lowest BCUT2D eigenvalue weighted by molar-refractivity contribution is -0.131. The number of carbonyl (C=O) groups excluding carboxylic acids is 1. The maximum absolute atomic E-state index is 13.2. The molecule has 174 valence electrons. The van der Waals surface area contributed by atoms with Crippen LogP contribution in [0.5, 0.6) is 5.75 Å². The molecule has 0 N–H and O–H groups in total. The molecule has 0 radical (unpaired) electrons. The first kappa shape index (κ1) is 22.1. The predicted molar refractivity (Wildman–Crippen MR) is 138 cm³/mol. The first-order valence-corrected chi connectivity index (χ1v) is 11.9. The van der Waals surface area contributed by atoms with Crippen molar-refractivity contribution in [3.05, 3.63) is 84.4 Å². The van der Waals surface area contributed by atoms with Gasteiger partial charge in [0.15, 0.2) is 0 Å². The zero-order chi connectivity index (χ0) is 23.5. The molecule has 2 heterocycles. The maximum Gasteiger partial charge on any atom is 0.223 e. The highest BCUT2D eigenvalue weighted by molar-refractivity contribution is 5.92. The first-order valence-electron chi connectivity index (χ1n) is 11.9. The van der Waals surface area contributed by atoms with Gasteiger partial charge in [-0.15, -0.1) is 0 Å². The van der Waals surface area contributed by atoms with Crippen molar-refractivity contribution in [1.29, 1.82) is 0 Å². The van der Waals surface area contributed by atoms with Crippen LogP contribution < -0.4 is 9.64 Å². The summed E-state index contributed by atoms with van der Waals surface area (Å²) in [6.45, 7) is 3.10. The van der Waals surface area contributed by atoms with E-state index in [0.29, 0.717) is 6.42 Å². The zero-order valence-electron chi connectivity index (χ0n) is 19.9. The molecule has 34 heavy (non-hydrogen) atoms. The van der Waals surface area contributed by atoms with Crippen molar-refractivity contribution in [3.63, 3.8) is 0 Å². The largest absolute Gasteiger partial charge is 0.495 e. The summed E-state index contributed by atoms with van der Waals surface area (Å²) < 4.78 is 7.78. The molecule has 0 atom stereocenters. The molecule has 1 saturated heterocycles. The lowest BCUT2D eigenvalue weighted by Gasteiger charge is -2.36. The topological polar surface area (TPSA) is 37.7 Å². The fraction of sp³-hybridized carbons (Fsp3) is 0.276. The van der Waals surface area contributed by atoms with Crippen LogP contribution in [0.1, 0.15) is 12.0 Å². The Morgan fingerprint density at radius 3 is 2.29 bits per heavy atom. The monoisotopic (exact) mass is 453 g/mol. The molecule has 1 aromatic heterocycles. The molecule has 0 saturated carbocycles. The number of benzene rings is 3. The summed E-state index contributed by atoms with van der Waals surface area (Å²) in [5.74, 6) is 1.11. The van der Waals surface area contributed by atoms with Crippen molar-refractivity contribution < 1.29 is 9.53 Å². The minimum absolute atomic E-state index is 0.228. The SMILES string of the molecule is COc1ccccc1N1CCN(C(=O)CCc2c(-c3ccccc3)n(C)c3ccccc23)CC1.